The minimum Gasteiger partial charge on any atom is -0.870 e. The quantitative estimate of drug-likeness (QED) is 0.355. The van der Waals surface area contributed by atoms with Gasteiger partial charge in [0, 0.05) is 13.3 Å². The molecule has 152 valence electrons. The van der Waals surface area contributed by atoms with Crippen molar-refractivity contribution in [2.75, 3.05) is 26.2 Å². The molecule has 1 rings (SSSR count). The Morgan fingerprint density at radius 2 is 1.73 bits per heavy atom. The van der Waals surface area contributed by atoms with Crippen molar-refractivity contribution in [2.45, 2.75) is 71.4 Å². The van der Waals surface area contributed by atoms with Gasteiger partial charge in [-0.1, -0.05) is 45.4 Å². The number of hydrogen-bond acceptors (Lipinski definition) is 5. The van der Waals surface area contributed by atoms with Crippen LogP contribution in [0.1, 0.15) is 65.2 Å². The second kappa shape index (κ2) is 12.8. The van der Waals surface area contributed by atoms with Gasteiger partial charge in [-0.15, -0.1) is 0 Å². The van der Waals surface area contributed by atoms with Crippen LogP contribution in [0.4, 0.5) is 0 Å². The fraction of sp³-hybridized carbons (Fsp3) is 0.833. The SMILES string of the molecule is CCCCCCCCCC1=NCC[N+]1(CC(=O)O)C(C)OCC(=O)O.[OH-]. The predicted octanol–water partition coefficient (Wildman–Crippen LogP) is 2.71. The lowest BCUT2D eigenvalue weighted by Gasteiger charge is -2.38. The van der Waals surface area contributed by atoms with Crippen molar-refractivity contribution < 1.29 is 34.5 Å². The molecule has 1 aliphatic rings. The molecule has 3 N–H and O–H groups in total. The molecule has 0 saturated carbocycles. The molecule has 2 atom stereocenters. The second-order valence-corrected chi connectivity index (χ2v) is 6.78. The van der Waals surface area contributed by atoms with Crippen LogP contribution in [-0.2, 0) is 14.3 Å². The Hall–Kier alpha value is -1.51. The van der Waals surface area contributed by atoms with Crippen LogP contribution in [0.15, 0.2) is 4.99 Å². The molecule has 0 radical (unpaired) electrons. The van der Waals surface area contributed by atoms with E-state index in [2.05, 4.69) is 11.9 Å². The number of aliphatic imine (C=N–C) groups is 1. The summed E-state index contributed by atoms with van der Waals surface area (Å²) in [7, 11) is 0. The number of ether oxygens (including phenoxy) is 1. The Morgan fingerprint density at radius 3 is 2.31 bits per heavy atom. The Balaban J connectivity index is 0.00000625. The first-order valence-electron chi connectivity index (χ1n) is 9.38. The van der Waals surface area contributed by atoms with Crippen LogP contribution in [0.3, 0.4) is 0 Å². The lowest BCUT2D eigenvalue weighted by Crippen LogP contribution is -2.60. The summed E-state index contributed by atoms with van der Waals surface area (Å²) in [6, 6.07) is 0. The van der Waals surface area contributed by atoms with E-state index in [0.717, 1.165) is 25.1 Å². The zero-order valence-corrected chi connectivity index (χ0v) is 16.0. The number of unbranched alkanes of at least 4 members (excludes halogenated alkanes) is 6. The molecular formula is C18H34N2O6. The van der Waals surface area contributed by atoms with Crippen LogP contribution >= 0.6 is 0 Å². The highest BCUT2D eigenvalue weighted by molar-refractivity contribution is 5.80. The number of aliphatic carboxylic acids is 2. The van der Waals surface area contributed by atoms with Gasteiger partial charge >= 0.3 is 11.9 Å². The van der Waals surface area contributed by atoms with Gasteiger partial charge in [-0.25, -0.2) is 19.1 Å². The molecule has 0 aliphatic carbocycles. The van der Waals surface area contributed by atoms with Crippen LogP contribution in [0.5, 0.6) is 0 Å². The van der Waals surface area contributed by atoms with Crippen LogP contribution < -0.4 is 0 Å². The fourth-order valence-corrected chi connectivity index (χ4v) is 3.44. The average Bonchev–Trinajstić information content (AvgIpc) is 2.94. The lowest BCUT2D eigenvalue weighted by atomic mass is 10.1. The highest BCUT2D eigenvalue weighted by Gasteiger charge is 2.45. The van der Waals surface area contributed by atoms with E-state index in [0.29, 0.717) is 13.1 Å². The zero-order chi connectivity index (χ0) is 18.7. The standard InChI is InChI=1S/C18H32N2O5.H2O/c1-3-4-5-6-7-8-9-10-16-19-11-12-20(16,13-17(21)22)15(2)25-14-18(23)24;/h15H,3-14H2,1-2H3,(H-,21,22,23,24);1H2. The summed E-state index contributed by atoms with van der Waals surface area (Å²) in [6.07, 6.45) is 8.54. The molecule has 0 spiro atoms. The Morgan fingerprint density at radius 1 is 1.12 bits per heavy atom. The highest BCUT2D eigenvalue weighted by Crippen LogP contribution is 2.25. The van der Waals surface area contributed by atoms with E-state index in [9.17, 15) is 14.7 Å². The molecule has 26 heavy (non-hydrogen) atoms. The number of carboxylic acids is 2. The van der Waals surface area contributed by atoms with Crippen molar-refractivity contribution in [1.29, 1.82) is 0 Å². The van der Waals surface area contributed by atoms with Crippen molar-refractivity contribution in [1.82, 2.24) is 0 Å². The van der Waals surface area contributed by atoms with Gasteiger partial charge in [0.05, 0.1) is 6.54 Å². The van der Waals surface area contributed by atoms with Crippen LogP contribution in [0.25, 0.3) is 0 Å². The largest absolute Gasteiger partial charge is 0.870 e. The molecule has 0 saturated heterocycles. The van der Waals surface area contributed by atoms with E-state index in [1.165, 1.54) is 32.1 Å². The highest BCUT2D eigenvalue weighted by atomic mass is 16.5. The zero-order valence-electron chi connectivity index (χ0n) is 16.0. The molecule has 0 aromatic carbocycles. The number of quaternary nitrogens is 1. The first-order valence-corrected chi connectivity index (χ1v) is 9.38. The first-order chi connectivity index (χ1) is 11.9. The maximum atomic E-state index is 11.4. The smallest absolute Gasteiger partial charge is 0.359 e. The maximum Gasteiger partial charge on any atom is 0.359 e. The molecule has 1 heterocycles. The molecule has 2 unspecified atom stereocenters. The second-order valence-electron chi connectivity index (χ2n) is 6.78. The topological polar surface area (TPSA) is 126 Å². The summed E-state index contributed by atoms with van der Waals surface area (Å²) in [4.78, 5) is 26.7. The van der Waals surface area contributed by atoms with E-state index < -0.39 is 24.8 Å². The van der Waals surface area contributed by atoms with Crippen molar-refractivity contribution in [3.05, 3.63) is 0 Å². The van der Waals surface area contributed by atoms with Crippen molar-refractivity contribution in [3.63, 3.8) is 0 Å². The van der Waals surface area contributed by atoms with Crippen molar-refractivity contribution in [2.24, 2.45) is 4.99 Å². The van der Waals surface area contributed by atoms with Crippen LogP contribution in [-0.4, -0.2) is 70.4 Å². The fourth-order valence-electron chi connectivity index (χ4n) is 3.44. The Labute approximate surface area is 155 Å². The van der Waals surface area contributed by atoms with E-state index in [1.54, 1.807) is 6.92 Å². The van der Waals surface area contributed by atoms with Gasteiger partial charge in [0.25, 0.3) is 0 Å². The predicted molar refractivity (Wildman–Crippen MR) is 97.5 cm³/mol. The number of hydrogen-bond donors (Lipinski definition) is 2. The minimum absolute atomic E-state index is 0. The van der Waals surface area contributed by atoms with Crippen LogP contribution in [0, 0.1) is 0 Å². The normalized spacial score (nSPS) is 20.3. The minimum atomic E-state index is -1.05. The van der Waals surface area contributed by atoms with Gasteiger partial charge < -0.3 is 20.4 Å². The number of carbonyl (C=O) groups is 2. The van der Waals surface area contributed by atoms with Crippen molar-refractivity contribution in [3.8, 4) is 0 Å². The van der Waals surface area contributed by atoms with E-state index >= 15 is 0 Å². The number of amidine groups is 1. The summed E-state index contributed by atoms with van der Waals surface area (Å²) >= 11 is 0. The summed E-state index contributed by atoms with van der Waals surface area (Å²) < 4.78 is 5.55. The monoisotopic (exact) mass is 374 g/mol. The number of nitrogens with zero attached hydrogens (tertiary/aromatic N) is 2. The molecule has 0 aromatic heterocycles. The molecule has 8 nitrogen and oxygen atoms in total. The summed E-state index contributed by atoms with van der Waals surface area (Å²) in [5, 5.41) is 18.2. The first kappa shape index (κ1) is 24.5. The Kier molecular flexibility index (Phi) is 12.0. The maximum absolute atomic E-state index is 11.4. The summed E-state index contributed by atoms with van der Waals surface area (Å²) in [6.45, 7) is 4.53. The average molecular weight is 374 g/mol. The van der Waals surface area contributed by atoms with Gasteiger partial charge in [-0.3, -0.25) is 0 Å². The van der Waals surface area contributed by atoms with E-state index in [1.807, 2.05) is 0 Å². The number of carboxylic acid groups (broad SMARTS) is 2. The van der Waals surface area contributed by atoms with Gasteiger partial charge in [-0.05, 0) is 6.42 Å². The molecule has 1 aliphatic heterocycles. The molecule has 0 bridgehead atoms. The van der Waals surface area contributed by atoms with Gasteiger partial charge in [0.15, 0.2) is 19.4 Å². The molecule has 0 amide bonds. The number of rotatable bonds is 14. The Bertz CT molecular complexity index is 469. The molecule has 0 fully saturated rings. The van der Waals surface area contributed by atoms with Gasteiger partial charge in [0.2, 0.25) is 5.84 Å². The van der Waals surface area contributed by atoms with Crippen LogP contribution in [0.2, 0.25) is 0 Å². The third-order valence-electron chi connectivity index (χ3n) is 4.87. The van der Waals surface area contributed by atoms with E-state index in [-0.39, 0.29) is 16.5 Å². The summed E-state index contributed by atoms with van der Waals surface area (Å²) in [5.41, 5.74) is 0. The lowest BCUT2D eigenvalue weighted by molar-refractivity contribution is -0.878. The third kappa shape index (κ3) is 7.80. The van der Waals surface area contributed by atoms with Crippen molar-refractivity contribution >= 4 is 17.8 Å². The van der Waals surface area contributed by atoms with Gasteiger partial charge in [-0.2, -0.15) is 0 Å². The summed E-state index contributed by atoms with van der Waals surface area (Å²) in [5.74, 6) is -1.13. The van der Waals surface area contributed by atoms with Gasteiger partial charge in [0.1, 0.15) is 6.54 Å². The van der Waals surface area contributed by atoms with E-state index in [4.69, 9.17) is 9.84 Å². The third-order valence-corrected chi connectivity index (χ3v) is 4.87. The molecular weight excluding hydrogens is 340 g/mol. The molecule has 0 aromatic rings. The molecule has 8 heteroatoms.